The van der Waals surface area contributed by atoms with E-state index in [0.717, 1.165) is 23.7 Å². The van der Waals surface area contributed by atoms with Crippen LogP contribution >= 0.6 is 21.6 Å². The molecule has 1 amide bonds. The van der Waals surface area contributed by atoms with Crippen molar-refractivity contribution < 1.29 is 14.8 Å². The van der Waals surface area contributed by atoms with E-state index >= 15 is 0 Å². The van der Waals surface area contributed by atoms with E-state index in [4.69, 9.17) is 0 Å². The third-order valence-electron chi connectivity index (χ3n) is 3.39. The summed E-state index contributed by atoms with van der Waals surface area (Å²) >= 11 is 0. The maximum Gasteiger partial charge on any atom is 0.475 e. The molecule has 1 aliphatic heterocycles. The fourth-order valence-electron chi connectivity index (χ4n) is 2.12. The summed E-state index contributed by atoms with van der Waals surface area (Å²) in [5.41, 5.74) is 1.10. The van der Waals surface area contributed by atoms with Crippen LogP contribution in [0.5, 0.6) is 0 Å². The van der Waals surface area contributed by atoms with Gasteiger partial charge in [0.05, 0.1) is 5.94 Å². The molecule has 1 aliphatic rings. The van der Waals surface area contributed by atoms with Gasteiger partial charge in [0.25, 0.3) is 0 Å². The molecule has 120 valence electrons. The fourth-order valence-corrected chi connectivity index (χ4v) is 5.15. The number of hydrogen-bond acceptors (Lipinski definition) is 5. The molecular weight excluding hydrogens is 305 g/mol. The Hall–Kier alpha value is -0.105. The van der Waals surface area contributed by atoms with Gasteiger partial charge in [-0.1, -0.05) is 39.7 Å². The highest BCUT2D eigenvalue weighted by Crippen LogP contribution is 2.39. The Bertz CT molecular complexity index is 343. The summed E-state index contributed by atoms with van der Waals surface area (Å²) in [6.45, 7) is 3.89. The smallest absolute Gasteiger partial charge is 0.426 e. The van der Waals surface area contributed by atoms with Gasteiger partial charge < -0.3 is 15.4 Å². The topological polar surface area (TPSA) is 69.6 Å². The number of carbonyl (C=O) groups excluding carboxylic acids is 1. The Morgan fingerprint density at radius 2 is 2.19 bits per heavy atom. The van der Waals surface area contributed by atoms with E-state index in [1.165, 1.54) is 18.6 Å². The first-order valence-corrected chi connectivity index (χ1v) is 9.94. The summed E-state index contributed by atoms with van der Waals surface area (Å²) in [5, 5.41) is 22.1. The van der Waals surface area contributed by atoms with Gasteiger partial charge in [-0.2, -0.15) is 0 Å². The molecule has 1 saturated heterocycles. The molecular formula is C14H26BNO3S2. The molecule has 2 atom stereocenters. The quantitative estimate of drug-likeness (QED) is 0.262. The first-order chi connectivity index (χ1) is 9.99. The molecule has 0 aromatic carbocycles. The second kappa shape index (κ2) is 10.6. The molecule has 0 bridgehead atoms. The average Bonchev–Trinajstić information content (AvgIpc) is 2.92. The zero-order valence-corrected chi connectivity index (χ0v) is 14.5. The van der Waals surface area contributed by atoms with Crippen LogP contribution in [0.25, 0.3) is 0 Å². The number of rotatable bonds is 9. The molecule has 21 heavy (non-hydrogen) atoms. The van der Waals surface area contributed by atoms with Gasteiger partial charge in [0.2, 0.25) is 5.91 Å². The zero-order valence-electron chi connectivity index (χ0n) is 12.9. The maximum absolute atomic E-state index is 11.8. The molecule has 1 fully saturated rings. The molecule has 1 rings (SSSR count). The van der Waals surface area contributed by atoms with Gasteiger partial charge in [0.15, 0.2) is 0 Å². The molecule has 0 spiro atoms. The van der Waals surface area contributed by atoms with Gasteiger partial charge >= 0.3 is 7.12 Å². The maximum atomic E-state index is 11.8. The standard InChI is InChI=1S/C14H26BNO3S2/c1-11(2)7-8-13(15(18)19)16-14(17)6-4-3-5-12-9-10-20-21-12/h7,12-13,18-19H,3-6,8-10H2,1-2H3,(H,16,17)/t12-,13?/m1/s1. The lowest BCUT2D eigenvalue weighted by molar-refractivity contribution is -0.121. The minimum absolute atomic E-state index is 0.0938. The van der Waals surface area contributed by atoms with Crippen LogP contribution < -0.4 is 5.32 Å². The Morgan fingerprint density at radius 3 is 2.76 bits per heavy atom. The Morgan fingerprint density at radius 1 is 1.43 bits per heavy atom. The Kier molecular flexibility index (Phi) is 9.55. The van der Waals surface area contributed by atoms with E-state index in [1.54, 1.807) is 0 Å². The van der Waals surface area contributed by atoms with Gasteiger partial charge in [-0.25, -0.2) is 0 Å². The molecule has 1 unspecified atom stereocenters. The van der Waals surface area contributed by atoms with Crippen LogP contribution in [0.15, 0.2) is 11.6 Å². The van der Waals surface area contributed by atoms with Crippen molar-refractivity contribution in [2.45, 2.75) is 63.6 Å². The number of hydrogen-bond donors (Lipinski definition) is 3. The average molecular weight is 331 g/mol. The summed E-state index contributed by atoms with van der Waals surface area (Å²) < 4.78 is 0. The van der Waals surface area contributed by atoms with Crippen LogP contribution in [-0.2, 0) is 4.79 Å². The highest BCUT2D eigenvalue weighted by Gasteiger charge is 2.24. The van der Waals surface area contributed by atoms with Crippen molar-refractivity contribution in [2.24, 2.45) is 0 Å². The van der Waals surface area contributed by atoms with E-state index in [2.05, 4.69) is 5.32 Å². The van der Waals surface area contributed by atoms with Crippen LogP contribution in [0, 0.1) is 0 Å². The number of nitrogens with one attached hydrogen (secondary N) is 1. The van der Waals surface area contributed by atoms with Gasteiger partial charge in [-0.15, -0.1) is 0 Å². The molecule has 0 radical (unpaired) electrons. The first kappa shape index (κ1) is 18.9. The zero-order chi connectivity index (χ0) is 15.7. The van der Waals surface area contributed by atoms with Gasteiger partial charge in [-0.05, 0) is 39.5 Å². The summed E-state index contributed by atoms with van der Waals surface area (Å²) in [6, 6.07) is 0. The van der Waals surface area contributed by atoms with Crippen LogP contribution in [-0.4, -0.2) is 40.0 Å². The molecule has 0 saturated carbocycles. The van der Waals surface area contributed by atoms with Crippen molar-refractivity contribution in [1.29, 1.82) is 0 Å². The summed E-state index contributed by atoms with van der Waals surface area (Å²) in [7, 11) is 2.39. The van der Waals surface area contributed by atoms with Gasteiger partial charge in [0, 0.05) is 17.4 Å². The Balaban J connectivity index is 2.18. The molecule has 4 nitrogen and oxygen atoms in total. The van der Waals surface area contributed by atoms with Crippen molar-refractivity contribution >= 4 is 34.6 Å². The third kappa shape index (κ3) is 8.81. The van der Waals surface area contributed by atoms with Crippen molar-refractivity contribution in [1.82, 2.24) is 5.32 Å². The highest BCUT2D eigenvalue weighted by molar-refractivity contribution is 8.77. The SMILES string of the molecule is CC(C)=CCC(NC(=O)CCCC[C@@H]1CCSS1)B(O)O. The van der Waals surface area contributed by atoms with Crippen LogP contribution in [0.2, 0.25) is 0 Å². The molecule has 7 heteroatoms. The van der Waals surface area contributed by atoms with Crippen molar-refractivity contribution in [3.63, 3.8) is 0 Å². The lowest BCUT2D eigenvalue weighted by Crippen LogP contribution is -2.46. The van der Waals surface area contributed by atoms with E-state index in [1.807, 2.05) is 41.5 Å². The summed E-state index contributed by atoms with van der Waals surface area (Å²) in [5.74, 6) is 0.536. The molecule has 1 heterocycles. The second-order valence-corrected chi connectivity index (χ2v) is 8.47. The monoisotopic (exact) mass is 331 g/mol. The highest BCUT2D eigenvalue weighted by atomic mass is 33.1. The molecule has 3 N–H and O–H groups in total. The van der Waals surface area contributed by atoms with Crippen LogP contribution in [0.3, 0.4) is 0 Å². The minimum atomic E-state index is -1.52. The van der Waals surface area contributed by atoms with Gasteiger partial charge in [0.1, 0.15) is 0 Å². The van der Waals surface area contributed by atoms with E-state index in [-0.39, 0.29) is 5.91 Å². The van der Waals surface area contributed by atoms with Gasteiger partial charge in [-0.3, -0.25) is 4.79 Å². The van der Waals surface area contributed by atoms with E-state index in [0.29, 0.717) is 12.8 Å². The first-order valence-electron chi connectivity index (χ1n) is 7.56. The third-order valence-corrected chi connectivity index (χ3v) is 6.40. The molecule has 0 aromatic rings. The van der Waals surface area contributed by atoms with Crippen molar-refractivity contribution in [2.75, 3.05) is 5.75 Å². The lowest BCUT2D eigenvalue weighted by Gasteiger charge is -2.16. The van der Waals surface area contributed by atoms with Crippen LogP contribution in [0.1, 0.15) is 52.4 Å². The number of allylic oxidation sites excluding steroid dienone is 1. The molecule has 0 aliphatic carbocycles. The van der Waals surface area contributed by atoms with Crippen molar-refractivity contribution in [3.8, 4) is 0 Å². The van der Waals surface area contributed by atoms with E-state index in [9.17, 15) is 14.8 Å². The second-order valence-electron chi connectivity index (χ2n) is 5.68. The number of unbranched alkanes of at least 4 members (excludes halogenated alkanes) is 1. The normalized spacial score (nSPS) is 19.1. The fraction of sp³-hybridized carbons (Fsp3) is 0.786. The lowest BCUT2D eigenvalue weighted by atomic mass is 9.77. The minimum Gasteiger partial charge on any atom is -0.426 e. The Labute approximate surface area is 136 Å². The van der Waals surface area contributed by atoms with E-state index < -0.39 is 13.1 Å². The van der Waals surface area contributed by atoms with Crippen molar-refractivity contribution in [3.05, 3.63) is 11.6 Å². The largest absolute Gasteiger partial charge is 0.475 e. The molecule has 0 aromatic heterocycles. The predicted molar refractivity (Wildman–Crippen MR) is 93.1 cm³/mol. The summed E-state index contributed by atoms with van der Waals surface area (Å²) in [6.07, 6.45) is 7.19. The van der Waals surface area contributed by atoms with Crippen LogP contribution in [0.4, 0.5) is 0 Å². The number of carbonyl (C=O) groups is 1. The predicted octanol–water partition coefficient (Wildman–Crippen LogP) is 2.55. The summed E-state index contributed by atoms with van der Waals surface area (Å²) in [4.78, 5) is 11.8. The number of amides is 1.